The van der Waals surface area contributed by atoms with Gasteiger partial charge in [-0.15, -0.1) is 5.10 Å². The lowest BCUT2D eigenvalue weighted by Crippen LogP contribution is -2.45. The normalized spacial score (nSPS) is 21.5. The standard InChI is InChI=1S/C35H50Cl2N9O11PSi/c1-8-52-58(49,53-9-2)35(20-47,16-26-42-43-44-45(26)21-50-14-15-59(5,6)7)51-19-25-27-28(57-34(3,4)56-27)31(54-25)46-29-23(18-39-46)30(41-32(37)40-29)55-33(48)38-17-22-12-10-11-13-24(22)36/h10-13,18,25,27-28,31,47H,8-9,14-17,19-21H2,1-7H3,(H,38,48)/t25-,27-,28-,31-,35-/m1/s1. The molecule has 0 spiro atoms. The van der Waals surface area contributed by atoms with Crippen LogP contribution in [0.5, 0.6) is 5.88 Å². The predicted molar refractivity (Wildman–Crippen MR) is 215 cm³/mol. The molecule has 2 saturated heterocycles. The Labute approximate surface area is 352 Å². The highest BCUT2D eigenvalue weighted by Crippen LogP contribution is 2.62. The zero-order chi connectivity index (χ0) is 42.6. The summed E-state index contributed by atoms with van der Waals surface area (Å²) in [6.45, 7) is 13.0. The third-order valence-corrected chi connectivity index (χ3v) is 14.3. The number of nitrogens with zero attached hydrogens (tertiary/aromatic N) is 8. The number of rotatable bonds is 20. The third-order valence-electron chi connectivity index (χ3n) is 9.44. The Morgan fingerprint density at radius 2 is 1.83 bits per heavy atom. The lowest BCUT2D eigenvalue weighted by Gasteiger charge is -2.37. The second kappa shape index (κ2) is 18.8. The van der Waals surface area contributed by atoms with Crippen LogP contribution in [0.1, 0.15) is 45.3 Å². The summed E-state index contributed by atoms with van der Waals surface area (Å²) in [5.74, 6) is -1.01. The van der Waals surface area contributed by atoms with E-state index in [-0.39, 0.29) is 67.5 Å². The SMILES string of the molecule is CCOP(=O)(OCC)[C@@](CO)(Cc1nnnn1COCC[Si](C)(C)C)OC[C@H]1O[C@@H](n2ncc3c(OC(=O)NCc4ccccc4Cl)nc(Cl)nc32)[C@@H]2OC(C)(C)O[C@@H]21. The summed E-state index contributed by atoms with van der Waals surface area (Å²) < 4.78 is 66.1. The van der Waals surface area contributed by atoms with Crippen molar-refractivity contribution in [1.29, 1.82) is 0 Å². The minimum Gasteiger partial charge on any atom is -0.393 e. The predicted octanol–water partition coefficient (Wildman–Crippen LogP) is 5.35. The van der Waals surface area contributed by atoms with Gasteiger partial charge in [-0.2, -0.15) is 15.1 Å². The molecule has 4 aromatic rings. The van der Waals surface area contributed by atoms with Crippen LogP contribution in [0.2, 0.25) is 36.0 Å². The molecule has 0 unspecified atom stereocenters. The van der Waals surface area contributed by atoms with Crippen molar-refractivity contribution < 1.29 is 51.9 Å². The summed E-state index contributed by atoms with van der Waals surface area (Å²) in [6.07, 6.45) is -3.14. The maximum atomic E-state index is 14.7. The molecule has 1 aromatic carbocycles. The van der Waals surface area contributed by atoms with E-state index in [4.69, 9.17) is 60.7 Å². The van der Waals surface area contributed by atoms with Crippen molar-refractivity contribution in [3.8, 4) is 5.88 Å². The van der Waals surface area contributed by atoms with Gasteiger partial charge in [-0.25, -0.2) is 14.2 Å². The molecule has 2 aliphatic rings. The first-order chi connectivity index (χ1) is 28.0. The lowest BCUT2D eigenvalue weighted by molar-refractivity contribution is -0.207. The molecular weight excluding hydrogens is 852 g/mol. The molecule has 3 aromatic heterocycles. The van der Waals surface area contributed by atoms with E-state index < -0.39 is 64.0 Å². The smallest absolute Gasteiger partial charge is 0.393 e. The number of hydrogen-bond acceptors (Lipinski definition) is 17. The summed E-state index contributed by atoms with van der Waals surface area (Å²) in [5, 5.41) is 28.8. The van der Waals surface area contributed by atoms with Gasteiger partial charge in [-0.3, -0.25) is 4.57 Å². The highest BCUT2D eigenvalue weighted by atomic mass is 35.5. The van der Waals surface area contributed by atoms with Crippen molar-refractivity contribution in [1.82, 2.24) is 45.3 Å². The number of carbonyl (C=O) groups is 1. The zero-order valence-corrected chi connectivity index (χ0v) is 37.3. The van der Waals surface area contributed by atoms with Gasteiger partial charge in [-0.05, 0) is 67.4 Å². The van der Waals surface area contributed by atoms with Gasteiger partial charge in [0.1, 0.15) is 30.4 Å². The number of fused-ring (bicyclic) bond motifs is 2. The van der Waals surface area contributed by atoms with Gasteiger partial charge in [0.2, 0.25) is 11.2 Å². The Morgan fingerprint density at radius 1 is 1.10 bits per heavy atom. The number of benzene rings is 1. The molecule has 2 fully saturated rings. The van der Waals surface area contributed by atoms with Crippen LogP contribution >= 0.6 is 30.8 Å². The van der Waals surface area contributed by atoms with Gasteiger partial charge >= 0.3 is 13.7 Å². The number of aliphatic hydroxyl groups is 1. The van der Waals surface area contributed by atoms with Crippen molar-refractivity contribution in [3.05, 3.63) is 52.2 Å². The molecule has 0 aliphatic carbocycles. The highest BCUT2D eigenvalue weighted by Gasteiger charge is 2.59. The fraction of sp³-hybridized carbons (Fsp3) is 0.629. The second-order valence-corrected chi connectivity index (χ2v) is 24.1. The van der Waals surface area contributed by atoms with Gasteiger partial charge in [0.25, 0.3) is 0 Å². The minimum atomic E-state index is -4.28. The van der Waals surface area contributed by atoms with Crippen LogP contribution in [0.3, 0.4) is 0 Å². The van der Waals surface area contributed by atoms with E-state index in [1.54, 1.807) is 52.0 Å². The maximum Gasteiger partial charge on any atom is 0.414 e. The number of aromatic nitrogens is 8. The largest absolute Gasteiger partial charge is 0.414 e. The van der Waals surface area contributed by atoms with Crippen molar-refractivity contribution in [2.75, 3.05) is 33.0 Å². The van der Waals surface area contributed by atoms with Crippen LogP contribution in [-0.2, 0) is 57.0 Å². The van der Waals surface area contributed by atoms with Gasteiger partial charge < -0.3 is 47.9 Å². The number of ether oxygens (including phenoxy) is 6. The zero-order valence-electron chi connectivity index (χ0n) is 33.9. The Kier molecular flexibility index (Phi) is 14.5. The van der Waals surface area contributed by atoms with Gasteiger partial charge in [0.15, 0.2) is 28.8 Å². The van der Waals surface area contributed by atoms with Crippen LogP contribution in [0, 0.1) is 0 Å². The summed E-state index contributed by atoms with van der Waals surface area (Å²) in [7, 11) is -5.64. The molecule has 2 aliphatic heterocycles. The summed E-state index contributed by atoms with van der Waals surface area (Å²) in [4.78, 5) is 21.4. The molecule has 324 valence electrons. The molecule has 1 amide bonds. The molecule has 0 bridgehead atoms. The molecular formula is C35H50Cl2N9O11PSi. The molecule has 20 nitrogen and oxygen atoms in total. The van der Waals surface area contributed by atoms with Crippen LogP contribution in [0.25, 0.3) is 11.0 Å². The topological polar surface area (TPSA) is 227 Å². The van der Waals surface area contributed by atoms with Crippen molar-refractivity contribution in [2.24, 2.45) is 0 Å². The quantitative estimate of drug-likeness (QED) is 0.0493. The molecule has 0 radical (unpaired) electrons. The number of nitrogens with one attached hydrogen (secondary N) is 1. The van der Waals surface area contributed by atoms with Crippen molar-refractivity contribution in [2.45, 2.75) is 109 Å². The van der Waals surface area contributed by atoms with Gasteiger partial charge in [0, 0.05) is 26.2 Å². The van der Waals surface area contributed by atoms with E-state index in [0.29, 0.717) is 17.2 Å². The Balaban J connectivity index is 1.25. The highest BCUT2D eigenvalue weighted by molar-refractivity contribution is 7.55. The molecule has 5 heterocycles. The summed E-state index contributed by atoms with van der Waals surface area (Å²) >= 11 is 12.6. The molecule has 2 N–H and O–H groups in total. The molecule has 5 atom stereocenters. The third kappa shape index (κ3) is 10.5. The fourth-order valence-electron chi connectivity index (χ4n) is 6.55. The Morgan fingerprint density at radius 3 is 2.53 bits per heavy atom. The monoisotopic (exact) mass is 901 g/mol. The molecule has 59 heavy (non-hydrogen) atoms. The fourth-order valence-corrected chi connectivity index (χ4v) is 9.63. The summed E-state index contributed by atoms with van der Waals surface area (Å²) in [5.41, 5.74) is 0.851. The van der Waals surface area contributed by atoms with Crippen molar-refractivity contribution in [3.63, 3.8) is 0 Å². The van der Waals surface area contributed by atoms with Crippen LogP contribution < -0.4 is 10.1 Å². The van der Waals surface area contributed by atoms with Crippen LogP contribution in [-0.4, -0.2) is 122 Å². The van der Waals surface area contributed by atoms with E-state index in [1.165, 1.54) is 15.6 Å². The first kappa shape index (κ1) is 45.3. The maximum absolute atomic E-state index is 14.7. The van der Waals surface area contributed by atoms with E-state index in [9.17, 15) is 14.5 Å². The first-order valence-electron chi connectivity index (χ1n) is 19.1. The van der Waals surface area contributed by atoms with Gasteiger partial charge in [0.05, 0.1) is 39.0 Å². The number of aliphatic hydroxyl groups excluding tert-OH is 1. The molecule has 24 heteroatoms. The van der Waals surface area contributed by atoms with Gasteiger partial charge in [-0.1, -0.05) is 49.4 Å². The van der Waals surface area contributed by atoms with Crippen LogP contribution in [0.4, 0.5) is 4.79 Å². The number of amides is 1. The van der Waals surface area contributed by atoms with E-state index in [2.05, 4.69) is 55.5 Å². The van der Waals surface area contributed by atoms with E-state index >= 15 is 0 Å². The average Bonchev–Trinajstić information content (AvgIpc) is 3.94. The van der Waals surface area contributed by atoms with Crippen molar-refractivity contribution >= 4 is 56.0 Å². The number of hydrogen-bond donors (Lipinski definition) is 2. The van der Waals surface area contributed by atoms with Crippen LogP contribution in [0.15, 0.2) is 30.5 Å². The number of carbonyl (C=O) groups excluding carboxylic acids is 1. The average molecular weight is 903 g/mol. The second-order valence-electron chi connectivity index (χ2n) is 15.5. The molecule has 6 rings (SSSR count). The molecule has 0 saturated carbocycles. The first-order valence-corrected chi connectivity index (χ1v) is 25.1. The Hall–Kier alpha value is -3.18. The Bertz CT molecular complexity index is 2120. The lowest BCUT2D eigenvalue weighted by atomic mass is 10.1. The van der Waals surface area contributed by atoms with E-state index in [0.717, 1.165) is 6.04 Å². The van der Waals surface area contributed by atoms with E-state index in [1.807, 2.05) is 0 Å². The minimum absolute atomic E-state index is 0.0174. The summed E-state index contributed by atoms with van der Waals surface area (Å²) in [6, 6.07) is 7.99. The number of halogens is 2. The number of tetrazole rings is 1.